The van der Waals surface area contributed by atoms with Crippen molar-refractivity contribution in [1.29, 1.82) is 0 Å². The van der Waals surface area contributed by atoms with Gasteiger partial charge in [-0.15, -0.1) is 0 Å². The Bertz CT molecular complexity index is 1500. The molecule has 0 aromatic heterocycles. The van der Waals surface area contributed by atoms with E-state index in [0.717, 1.165) is 7.11 Å². The monoisotopic (exact) mass is 589 g/mol. The molecule has 13 heteroatoms. The minimum atomic E-state index is -5.32. The Hall–Kier alpha value is -4.36. The molecule has 10 nitrogen and oxygen atoms in total. The topological polar surface area (TPSA) is 115 Å². The number of amides is 1. The van der Waals surface area contributed by atoms with E-state index in [1.54, 1.807) is 31.3 Å². The number of benzene rings is 3. The number of carbonyl (C=O) groups excluding carboxylic acids is 3. The van der Waals surface area contributed by atoms with Gasteiger partial charge in [0.1, 0.15) is 29.7 Å². The molecule has 0 radical (unpaired) electrons. The molecule has 0 aliphatic carbocycles. The van der Waals surface area contributed by atoms with E-state index in [2.05, 4.69) is 10.6 Å². The van der Waals surface area contributed by atoms with Gasteiger partial charge in [0.15, 0.2) is 5.75 Å². The first-order valence-corrected chi connectivity index (χ1v) is 12.9. The number of ether oxygens (including phenoxy) is 4. The van der Waals surface area contributed by atoms with E-state index in [-0.39, 0.29) is 41.4 Å². The van der Waals surface area contributed by atoms with Crippen LogP contribution in [-0.2, 0) is 20.9 Å². The fourth-order valence-corrected chi connectivity index (χ4v) is 4.55. The largest absolute Gasteiger partial charge is 0.496 e. The Morgan fingerprint density at radius 3 is 2.48 bits per heavy atom. The maximum Gasteiger partial charge on any atom is 0.491 e. The molecule has 1 amide bonds. The summed E-state index contributed by atoms with van der Waals surface area (Å²) in [5.41, 5.74) is 0.483. The van der Waals surface area contributed by atoms with Crippen molar-refractivity contribution in [1.82, 2.24) is 10.6 Å². The summed E-state index contributed by atoms with van der Waals surface area (Å²) in [7, 11) is 4.26. The lowest BCUT2D eigenvalue weighted by atomic mass is 9.98. The second kappa shape index (κ2) is 12.7. The standard InChI is InChI=1S/C29H30F3N3O7/c1-16(33-2)13-34-21-15-41-24-8-6-5-7-22(24)35(26(21)36)14-20-17-9-10-19(27(37)40-4)25(42-28(38)29(30,31)32)18(17)11-12-23(20)39-3/h5-12,16,21,33-34H,13-15H2,1-4H3/t16-,21-/m0/s1. The summed E-state index contributed by atoms with van der Waals surface area (Å²) in [6, 6.07) is 11.8. The molecule has 0 saturated carbocycles. The highest BCUT2D eigenvalue weighted by atomic mass is 19.4. The zero-order chi connectivity index (χ0) is 30.6. The van der Waals surface area contributed by atoms with Crippen molar-refractivity contribution in [3.63, 3.8) is 0 Å². The van der Waals surface area contributed by atoms with Crippen LogP contribution in [0, 0.1) is 0 Å². The van der Waals surface area contributed by atoms with Gasteiger partial charge in [0.2, 0.25) is 5.91 Å². The summed E-state index contributed by atoms with van der Waals surface area (Å²) >= 11 is 0. The molecule has 2 atom stereocenters. The lowest BCUT2D eigenvalue weighted by Crippen LogP contribution is -2.51. The van der Waals surface area contributed by atoms with E-state index in [1.165, 1.54) is 36.3 Å². The normalized spacial score (nSPS) is 15.8. The van der Waals surface area contributed by atoms with Crippen LogP contribution in [0.15, 0.2) is 48.5 Å². The van der Waals surface area contributed by atoms with Crippen molar-refractivity contribution in [3.05, 3.63) is 59.7 Å². The molecule has 4 rings (SSSR count). The molecule has 0 fully saturated rings. The molecule has 0 saturated heterocycles. The number of fused-ring (bicyclic) bond motifs is 2. The molecule has 3 aromatic rings. The van der Waals surface area contributed by atoms with E-state index in [1.807, 2.05) is 6.92 Å². The predicted octanol–water partition coefficient (Wildman–Crippen LogP) is 3.59. The highest BCUT2D eigenvalue weighted by molar-refractivity contribution is 6.05. The Labute approximate surface area is 239 Å². The molecule has 224 valence electrons. The molecule has 1 aliphatic heterocycles. The van der Waals surface area contributed by atoms with Crippen molar-refractivity contribution in [3.8, 4) is 17.2 Å². The van der Waals surface area contributed by atoms with Crippen LogP contribution in [-0.4, -0.2) is 70.5 Å². The van der Waals surface area contributed by atoms with Gasteiger partial charge in [-0.2, -0.15) is 13.2 Å². The second-order valence-electron chi connectivity index (χ2n) is 9.52. The fraction of sp³-hybridized carbons (Fsp3) is 0.345. The van der Waals surface area contributed by atoms with E-state index < -0.39 is 29.9 Å². The number of likely N-dealkylation sites (N-methyl/N-ethyl adjacent to an activating group) is 1. The van der Waals surface area contributed by atoms with Crippen LogP contribution in [0.25, 0.3) is 10.8 Å². The molecule has 1 heterocycles. The Morgan fingerprint density at radius 2 is 1.81 bits per heavy atom. The van der Waals surface area contributed by atoms with E-state index in [9.17, 15) is 27.6 Å². The van der Waals surface area contributed by atoms with Crippen LogP contribution in [0.3, 0.4) is 0 Å². The van der Waals surface area contributed by atoms with Gasteiger partial charge in [-0.05, 0) is 49.7 Å². The zero-order valence-electron chi connectivity index (χ0n) is 23.3. The molecular weight excluding hydrogens is 559 g/mol. The van der Waals surface area contributed by atoms with Gasteiger partial charge in [-0.3, -0.25) is 4.79 Å². The number of carbonyl (C=O) groups is 3. The first kappa shape index (κ1) is 30.6. The maximum atomic E-state index is 13.9. The fourth-order valence-electron chi connectivity index (χ4n) is 4.55. The van der Waals surface area contributed by atoms with Crippen LogP contribution < -0.4 is 29.7 Å². The van der Waals surface area contributed by atoms with Gasteiger partial charge in [-0.1, -0.05) is 18.2 Å². The summed E-state index contributed by atoms with van der Waals surface area (Å²) in [6.07, 6.45) is -5.32. The first-order chi connectivity index (χ1) is 20.0. The number of anilines is 1. The van der Waals surface area contributed by atoms with E-state index >= 15 is 0 Å². The van der Waals surface area contributed by atoms with Crippen molar-refractivity contribution in [2.24, 2.45) is 0 Å². The van der Waals surface area contributed by atoms with Crippen LogP contribution >= 0.6 is 0 Å². The number of rotatable bonds is 9. The minimum absolute atomic E-state index is 0.00984. The van der Waals surface area contributed by atoms with Crippen LogP contribution in [0.4, 0.5) is 18.9 Å². The molecule has 0 bridgehead atoms. The average Bonchev–Trinajstić information content (AvgIpc) is 3.11. The van der Waals surface area contributed by atoms with Crippen LogP contribution in [0.5, 0.6) is 17.2 Å². The molecule has 2 N–H and O–H groups in total. The summed E-state index contributed by atoms with van der Waals surface area (Å²) < 4.78 is 60.5. The lowest BCUT2D eigenvalue weighted by molar-refractivity contribution is -0.189. The SMILES string of the molecule is CN[C@@H](C)CN[C@H]1COc2ccccc2N(Cc2c(OC)ccc3c(OC(=O)C(F)(F)F)c(C(=O)OC)ccc23)C1=O. The maximum absolute atomic E-state index is 13.9. The summed E-state index contributed by atoms with van der Waals surface area (Å²) in [5.74, 6) is -3.67. The highest BCUT2D eigenvalue weighted by Gasteiger charge is 2.42. The van der Waals surface area contributed by atoms with Crippen LogP contribution in [0.1, 0.15) is 22.8 Å². The first-order valence-electron chi connectivity index (χ1n) is 12.9. The number of nitrogens with one attached hydrogen (secondary N) is 2. The lowest BCUT2D eigenvalue weighted by Gasteiger charge is -2.27. The number of methoxy groups -OCH3 is 2. The van der Waals surface area contributed by atoms with Gasteiger partial charge >= 0.3 is 18.1 Å². The number of para-hydroxylation sites is 2. The van der Waals surface area contributed by atoms with E-state index in [4.69, 9.17) is 18.9 Å². The predicted molar refractivity (Wildman–Crippen MR) is 147 cm³/mol. The third-order valence-electron chi connectivity index (χ3n) is 6.88. The summed E-state index contributed by atoms with van der Waals surface area (Å²) in [6.45, 7) is 2.40. The molecular formula is C29H30F3N3O7. The average molecular weight is 590 g/mol. The smallest absolute Gasteiger partial charge is 0.491 e. The van der Waals surface area contributed by atoms with Crippen LogP contribution in [0.2, 0.25) is 0 Å². The third-order valence-corrected chi connectivity index (χ3v) is 6.88. The van der Waals surface area contributed by atoms with Gasteiger partial charge in [-0.25, -0.2) is 9.59 Å². The third kappa shape index (κ3) is 6.26. The van der Waals surface area contributed by atoms with Crippen molar-refractivity contribution >= 4 is 34.3 Å². The molecule has 1 aliphatic rings. The highest BCUT2D eigenvalue weighted by Crippen LogP contribution is 2.40. The molecule has 3 aromatic carbocycles. The molecule has 0 spiro atoms. The van der Waals surface area contributed by atoms with Gasteiger partial charge < -0.3 is 34.5 Å². The number of halogens is 3. The Morgan fingerprint density at radius 1 is 1.10 bits per heavy atom. The van der Waals surface area contributed by atoms with Gasteiger partial charge in [0, 0.05) is 23.5 Å². The number of alkyl halides is 3. The number of nitrogens with zero attached hydrogens (tertiary/aromatic N) is 1. The minimum Gasteiger partial charge on any atom is -0.496 e. The second-order valence-corrected chi connectivity index (χ2v) is 9.52. The van der Waals surface area contributed by atoms with Crippen molar-refractivity contribution < 1.29 is 46.5 Å². The van der Waals surface area contributed by atoms with Gasteiger partial charge in [0.25, 0.3) is 0 Å². The quantitative estimate of drug-likeness (QED) is 0.285. The number of hydrogen-bond donors (Lipinski definition) is 2. The summed E-state index contributed by atoms with van der Waals surface area (Å²) in [5, 5.41) is 6.62. The van der Waals surface area contributed by atoms with Crippen molar-refractivity contribution in [2.45, 2.75) is 31.7 Å². The zero-order valence-corrected chi connectivity index (χ0v) is 23.3. The molecule has 42 heavy (non-hydrogen) atoms. The Balaban J connectivity index is 1.86. The van der Waals surface area contributed by atoms with E-state index in [0.29, 0.717) is 29.3 Å². The molecule has 0 unspecified atom stereocenters. The Kier molecular flexibility index (Phi) is 9.22. The van der Waals surface area contributed by atoms with Crippen molar-refractivity contribution in [2.75, 3.05) is 39.3 Å². The number of hydrogen-bond acceptors (Lipinski definition) is 9. The number of esters is 2. The van der Waals surface area contributed by atoms with Gasteiger partial charge in [0.05, 0.1) is 26.5 Å². The summed E-state index contributed by atoms with van der Waals surface area (Å²) in [4.78, 5) is 39.7.